The molecular formula is C19H18N2O4S. The van der Waals surface area contributed by atoms with Crippen LogP contribution in [0.4, 0.5) is 0 Å². The summed E-state index contributed by atoms with van der Waals surface area (Å²) >= 11 is 1.61. The van der Waals surface area contributed by atoms with E-state index >= 15 is 0 Å². The Labute approximate surface area is 155 Å². The molecule has 0 amide bonds. The number of ether oxygens (including phenoxy) is 2. The molecule has 0 aliphatic rings. The maximum absolute atomic E-state index is 12.2. The van der Waals surface area contributed by atoms with E-state index in [-0.39, 0.29) is 5.89 Å². The van der Waals surface area contributed by atoms with Gasteiger partial charge in [0.1, 0.15) is 5.75 Å². The fraction of sp³-hybridized carbons (Fsp3) is 0.211. The first-order chi connectivity index (χ1) is 12.6. The van der Waals surface area contributed by atoms with Crippen molar-refractivity contribution in [2.24, 2.45) is 0 Å². The van der Waals surface area contributed by atoms with E-state index in [1.165, 1.54) is 0 Å². The molecule has 26 heavy (non-hydrogen) atoms. The van der Waals surface area contributed by atoms with Crippen LogP contribution in [-0.2, 0) is 4.74 Å². The highest BCUT2D eigenvalue weighted by Crippen LogP contribution is 2.25. The molecule has 0 saturated heterocycles. The number of aromatic nitrogens is 2. The van der Waals surface area contributed by atoms with E-state index in [1.54, 1.807) is 50.1 Å². The number of carbonyl (C=O) groups excluding carboxylic acids is 1. The Morgan fingerprint density at radius 2 is 1.77 bits per heavy atom. The lowest BCUT2D eigenvalue weighted by Crippen LogP contribution is -2.09. The van der Waals surface area contributed by atoms with Crippen LogP contribution in [0.5, 0.6) is 5.75 Å². The monoisotopic (exact) mass is 370 g/mol. The third kappa shape index (κ3) is 4.05. The lowest BCUT2D eigenvalue weighted by Gasteiger charge is -2.09. The Balaban J connectivity index is 1.68. The zero-order chi connectivity index (χ0) is 18.5. The van der Waals surface area contributed by atoms with Gasteiger partial charge in [-0.15, -0.1) is 22.0 Å². The molecule has 1 atom stereocenters. The number of methoxy groups -OCH3 is 1. The summed E-state index contributed by atoms with van der Waals surface area (Å²) in [5.41, 5.74) is 1.24. The summed E-state index contributed by atoms with van der Waals surface area (Å²) in [4.78, 5) is 13.3. The molecule has 3 rings (SSSR count). The molecule has 6 nitrogen and oxygen atoms in total. The van der Waals surface area contributed by atoms with Crippen LogP contribution in [0, 0.1) is 0 Å². The highest BCUT2D eigenvalue weighted by molar-refractivity contribution is 7.98. The summed E-state index contributed by atoms with van der Waals surface area (Å²) < 4.78 is 16.2. The summed E-state index contributed by atoms with van der Waals surface area (Å²) in [7, 11) is 1.60. The van der Waals surface area contributed by atoms with Crippen LogP contribution < -0.4 is 4.74 Å². The highest BCUT2D eigenvalue weighted by atomic mass is 32.2. The molecular weight excluding hydrogens is 352 g/mol. The zero-order valence-corrected chi connectivity index (χ0v) is 15.4. The minimum absolute atomic E-state index is 0.241. The third-order valence-corrected chi connectivity index (χ3v) is 4.48. The molecule has 1 aromatic heterocycles. The maximum atomic E-state index is 12.2. The smallest absolute Gasteiger partial charge is 0.338 e. The molecule has 0 spiro atoms. The van der Waals surface area contributed by atoms with Crippen molar-refractivity contribution in [3.63, 3.8) is 0 Å². The van der Waals surface area contributed by atoms with Gasteiger partial charge in [0.05, 0.1) is 12.7 Å². The number of hydrogen-bond donors (Lipinski definition) is 0. The minimum atomic E-state index is -0.651. The molecule has 1 heterocycles. The number of benzene rings is 2. The van der Waals surface area contributed by atoms with Gasteiger partial charge in [-0.05, 0) is 61.7 Å². The Hall–Kier alpha value is -2.80. The minimum Gasteiger partial charge on any atom is -0.497 e. The van der Waals surface area contributed by atoms with Crippen molar-refractivity contribution in [1.82, 2.24) is 10.2 Å². The Bertz CT molecular complexity index is 875. The Kier molecular flexibility index (Phi) is 5.58. The lowest BCUT2D eigenvalue weighted by molar-refractivity contribution is 0.0280. The van der Waals surface area contributed by atoms with E-state index in [1.807, 2.05) is 30.5 Å². The van der Waals surface area contributed by atoms with Crippen LogP contribution in [0.1, 0.15) is 29.3 Å². The van der Waals surface area contributed by atoms with Crippen molar-refractivity contribution in [2.45, 2.75) is 17.9 Å². The molecule has 2 aromatic carbocycles. The van der Waals surface area contributed by atoms with Crippen LogP contribution >= 0.6 is 11.8 Å². The second-order valence-corrected chi connectivity index (χ2v) is 6.33. The number of esters is 1. The fourth-order valence-corrected chi connectivity index (χ4v) is 2.66. The van der Waals surface area contributed by atoms with Crippen LogP contribution in [-0.4, -0.2) is 29.5 Å². The molecule has 0 radical (unpaired) electrons. The van der Waals surface area contributed by atoms with Crippen LogP contribution in [0.15, 0.2) is 57.8 Å². The molecule has 0 unspecified atom stereocenters. The van der Waals surface area contributed by atoms with Crippen molar-refractivity contribution in [3.05, 3.63) is 60.0 Å². The summed E-state index contributed by atoms with van der Waals surface area (Å²) in [5, 5.41) is 7.99. The highest BCUT2D eigenvalue weighted by Gasteiger charge is 2.20. The third-order valence-electron chi connectivity index (χ3n) is 3.73. The van der Waals surface area contributed by atoms with Gasteiger partial charge in [-0.25, -0.2) is 4.79 Å². The van der Waals surface area contributed by atoms with Crippen molar-refractivity contribution in [2.75, 3.05) is 13.4 Å². The van der Waals surface area contributed by atoms with E-state index in [0.717, 1.165) is 16.2 Å². The van der Waals surface area contributed by atoms with E-state index in [4.69, 9.17) is 13.9 Å². The maximum Gasteiger partial charge on any atom is 0.338 e. The molecule has 0 aliphatic carbocycles. The first-order valence-corrected chi connectivity index (χ1v) is 9.16. The van der Waals surface area contributed by atoms with Gasteiger partial charge in [-0.3, -0.25) is 0 Å². The standard InChI is InChI=1S/C19H18N2O4S/c1-12(24-19(22)14-6-10-16(26-3)11-7-14)17-20-21-18(25-17)13-4-8-15(23-2)9-5-13/h4-12H,1-3H3/t12-/m0/s1. The van der Waals surface area contributed by atoms with Crippen molar-refractivity contribution < 1.29 is 18.7 Å². The zero-order valence-electron chi connectivity index (χ0n) is 14.6. The van der Waals surface area contributed by atoms with Gasteiger partial charge in [0.25, 0.3) is 5.89 Å². The summed E-state index contributed by atoms with van der Waals surface area (Å²) in [6, 6.07) is 14.5. The summed E-state index contributed by atoms with van der Waals surface area (Å²) in [5.74, 6) is 0.900. The summed E-state index contributed by atoms with van der Waals surface area (Å²) in [6.07, 6.45) is 1.33. The molecule has 134 valence electrons. The van der Waals surface area contributed by atoms with Crippen LogP contribution in [0.2, 0.25) is 0 Å². The number of hydrogen-bond acceptors (Lipinski definition) is 7. The van der Waals surface area contributed by atoms with E-state index < -0.39 is 12.1 Å². The molecule has 0 fully saturated rings. The van der Waals surface area contributed by atoms with E-state index in [9.17, 15) is 4.79 Å². The van der Waals surface area contributed by atoms with Gasteiger partial charge in [0, 0.05) is 10.5 Å². The first-order valence-electron chi connectivity index (χ1n) is 7.93. The Morgan fingerprint density at radius 3 is 2.38 bits per heavy atom. The largest absolute Gasteiger partial charge is 0.497 e. The number of rotatable bonds is 6. The second-order valence-electron chi connectivity index (χ2n) is 5.45. The average molecular weight is 370 g/mol. The van der Waals surface area contributed by atoms with Gasteiger partial charge in [0.2, 0.25) is 5.89 Å². The van der Waals surface area contributed by atoms with Gasteiger partial charge >= 0.3 is 5.97 Å². The quantitative estimate of drug-likeness (QED) is 0.471. The van der Waals surface area contributed by atoms with Gasteiger partial charge < -0.3 is 13.9 Å². The predicted octanol–water partition coefficient (Wildman–Crippen LogP) is 4.39. The van der Waals surface area contributed by atoms with Crippen LogP contribution in [0.25, 0.3) is 11.5 Å². The van der Waals surface area contributed by atoms with Gasteiger partial charge in [0.15, 0.2) is 6.10 Å². The first kappa shape index (κ1) is 18.0. The van der Waals surface area contributed by atoms with Crippen LogP contribution in [0.3, 0.4) is 0 Å². The topological polar surface area (TPSA) is 74.5 Å². The van der Waals surface area contributed by atoms with E-state index in [0.29, 0.717) is 11.5 Å². The fourth-order valence-electron chi connectivity index (χ4n) is 2.26. The SMILES string of the molecule is COc1ccc(-c2nnc([C@H](C)OC(=O)c3ccc(SC)cc3)o2)cc1. The van der Waals surface area contributed by atoms with Gasteiger partial charge in [-0.2, -0.15) is 0 Å². The predicted molar refractivity (Wildman–Crippen MR) is 98.3 cm³/mol. The number of carbonyl (C=O) groups is 1. The molecule has 0 saturated carbocycles. The second kappa shape index (κ2) is 8.05. The summed E-state index contributed by atoms with van der Waals surface area (Å²) in [6.45, 7) is 1.69. The molecule has 0 aliphatic heterocycles. The number of thioether (sulfide) groups is 1. The van der Waals surface area contributed by atoms with Crippen molar-refractivity contribution >= 4 is 17.7 Å². The van der Waals surface area contributed by atoms with Crippen molar-refractivity contribution in [1.29, 1.82) is 0 Å². The number of nitrogens with zero attached hydrogens (tertiary/aromatic N) is 2. The Morgan fingerprint density at radius 1 is 1.08 bits per heavy atom. The average Bonchev–Trinajstić information content (AvgIpc) is 3.18. The van der Waals surface area contributed by atoms with Gasteiger partial charge in [-0.1, -0.05) is 0 Å². The normalized spacial score (nSPS) is 11.8. The molecule has 0 N–H and O–H groups in total. The molecule has 0 bridgehead atoms. The van der Waals surface area contributed by atoms with E-state index in [2.05, 4.69) is 10.2 Å². The lowest BCUT2D eigenvalue weighted by atomic mass is 10.2. The van der Waals surface area contributed by atoms with Crippen molar-refractivity contribution in [3.8, 4) is 17.2 Å². The molecule has 3 aromatic rings. The molecule has 7 heteroatoms.